The molecular weight excluding hydrogens is 214 g/mol. The van der Waals surface area contributed by atoms with E-state index in [-0.39, 0.29) is 6.04 Å². The number of aromatic nitrogens is 3. The molecule has 0 amide bonds. The smallest absolute Gasteiger partial charge is 0.109 e. The van der Waals surface area contributed by atoms with E-state index in [1.807, 2.05) is 36.0 Å². The van der Waals surface area contributed by atoms with Crippen molar-refractivity contribution in [1.29, 1.82) is 0 Å². The van der Waals surface area contributed by atoms with Crippen LogP contribution < -0.4 is 11.3 Å². The number of imidazole rings is 1. The predicted molar refractivity (Wildman–Crippen MR) is 66.0 cm³/mol. The van der Waals surface area contributed by atoms with E-state index in [0.29, 0.717) is 0 Å². The van der Waals surface area contributed by atoms with Crippen molar-refractivity contribution < 1.29 is 0 Å². The zero-order valence-corrected chi connectivity index (χ0v) is 9.87. The van der Waals surface area contributed by atoms with Gasteiger partial charge in [-0.2, -0.15) is 0 Å². The van der Waals surface area contributed by atoms with Crippen LogP contribution in [0.1, 0.15) is 11.5 Å². The monoisotopic (exact) mass is 231 g/mol. The van der Waals surface area contributed by atoms with E-state index in [1.165, 1.54) is 0 Å². The number of hydrogen-bond donors (Lipinski definition) is 2. The maximum Gasteiger partial charge on any atom is 0.109 e. The number of aryl methyl sites for hydroxylation is 1. The van der Waals surface area contributed by atoms with E-state index in [4.69, 9.17) is 5.84 Å². The van der Waals surface area contributed by atoms with Crippen LogP contribution in [0.4, 0.5) is 0 Å². The first-order chi connectivity index (χ1) is 8.29. The lowest BCUT2D eigenvalue weighted by molar-refractivity contribution is 0.500. The van der Waals surface area contributed by atoms with E-state index in [2.05, 4.69) is 15.4 Å². The van der Waals surface area contributed by atoms with E-state index in [0.717, 1.165) is 24.4 Å². The van der Waals surface area contributed by atoms with Gasteiger partial charge >= 0.3 is 0 Å². The van der Waals surface area contributed by atoms with Crippen molar-refractivity contribution >= 4 is 0 Å². The largest absolute Gasteiger partial charge is 0.338 e. The van der Waals surface area contributed by atoms with Gasteiger partial charge in [-0.25, -0.2) is 4.98 Å². The van der Waals surface area contributed by atoms with Crippen molar-refractivity contribution in [2.45, 2.75) is 18.9 Å². The average Bonchev–Trinajstić information content (AvgIpc) is 2.75. The van der Waals surface area contributed by atoms with Gasteiger partial charge in [-0.1, -0.05) is 6.07 Å². The van der Waals surface area contributed by atoms with Gasteiger partial charge in [0, 0.05) is 50.2 Å². The topological polar surface area (TPSA) is 68.8 Å². The second-order valence-corrected chi connectivity index (χ2v) is 4.05. The first kappa shape index (κ1) is 11.8. The van der Waals surface area contributed by atoms with E-state index >= 15 is 0 Å². The molecule has 0 spiro atoms. The summed E-state index contributed by atoms with van der Waals surface area (Å²) in [4.78, 5) is 8.59. The first-order valence-corrected chi connectivity index (χ1v) is 5.62. The van der Waals surface area contributed by atoms with Gasteiger partial charge in [0.05, 0.1) is 0 Å². The molecule has 2 rings (SSSR count). The molecule has 0 bridgehead atoms. The van der Waals surface area contributed by atoms with Gasteiger partial charge in [-0.15, -0.1) is 0 Å². The maximum atomic E-state index is 5.57. The minimum absolute atomic E-state index is 0.144. The maximum absolute atomic E-state index is 5.57. The molecule has 2 aromatic rings. The zero-order chi connectivity index (χ0) is 12.1. The Bertz CT molecular complexity index is 451. The Balaban J connectivity index is 2.00. The average molecular weight is 231 g/mol. The lowest BCUT2D eigenvalue weighted by Crippen LogP contribution is -2.39. The van der Waals surface area contributed by atoms with Crippen LogP contribution in [0.2, 0.25) is 0 Å². The number of nitrogens with two attached hydrogens (primary N) is 1. The highest BCUT2D eigenvalue weighted by molar-refractivity contribution is 5.06. The fourth-order valence-electron chi connectivity index (χ4n) is 1.77. The normalized spacial score (nSPS) is 12.6. The Hall–Kier alpha value is -1.72. The number of pyridine rings is 1. The van der Waals surface area contributed by atoms with Crippen molar-refractivity contribution in [3.63, 3.8) is 0 Å². The summed E-state index contributed by atoms with van der Waals surface area (Å²) in [6, 6.07) is 6.04. The van der Waals surface area contributed by atoms with Crippen molar-refractivity contribution in [3.8, 4) is 0 Å². The van der Waals surface area contributed by atoms with Gasteiger partial charge in [0.25, 0.3) is 0 Å². The Morgan fingerprint density at radius 3 is 2.76 bits per heavy atom. The summed E-state index contributed by atoms with van der Waals surface area (Å²) in [7, 11) is 1.98. The SMILES string of the molecule is Cn1ccnc1CC(Cc1ccccn1)NN. The Morgan fingerprint density at radius 2 is 2.18 bits per heavy atom. The van der Waals surface area contributed by atoms with E-state index in [1.54, 1.807) is 12.4 Å². The molecule has 1 atom stereocenters. The van der Waals surface area contributed by atoms with Gasteiger partial charge < -0.3 is 4.57 Å². The summed E-state index contributed by atoms with van der Waals surface area (Å²) in [6.07, 6.45) is 7.11. The summed E-state index contributed by atoms with van der Waals surface area (Å²) < 4.78 is 2.00. The number of nitrogens with one attached hydrogen (secondary N) is 1. The Kier molecular flexibility index (Phi) is 3.85. The number of nitrogens with zero attached hydrogens (tertiary/aromatic N) is 3. The summed E-state index contributed by atoms with van der Waals surface area (Å²) in [6.45, 7) is 0. The Labute approximate surface area is 101 Å². The van der Waals surface area contributed by atoms with Crippen molar-refractivity contribution in [2.75, 3.05) is 0 Å². The van der Waals surface area contributed by atoms with Crippen molar-refractivity contribution in [3.05, 3.63) is 48.3 Å². The minimum atomic E-state index is 0.144. The molecule has 2 heterocycles. The molecule has 17 heavy (non-hydrogen) atoms. The summed E-state index contributed by atoms with van der Waals surface area (Å²) >= 11 is 0. The highest BCUT2D eigenvalue weighted by Gasteiger charge is 2.12. The fraction of sp³-hybridized carbons (Fsp3) is 0.333. The van der Waals surface area contributed by atoms with Gasteiger partial charge in [-0.3, -0.25) is 16.3 Å². The highest BCUT2D eigenvalue weighted by Crippen LogP contribution is 2.05. The zero-order valence-electron chi connectivity index (χ0n) is 9.87. The minimum Gasteiger partial charge on any atom is -0.338 e. The molecule has 0 aliphatic heterocycles. The van der Waals surface area contributed by atoms with Crippen LogP contribution in [-0.2, 0) is 19.9 Å². The molecule has 0 fully saturated rings. The number of hydrogen-bond acceptors (Lipinski definition) is 4. The molecule has 5 nitrogen and oxygen atoms in total. The quantitative estimate of drug-likeness (QED) is 0.578. The van der Waals surface area contributed by atoms with Crippen LogP contribution in [0.25, 0.3) is 0 Å². The van der Waals surface area contributed by atoms with Crippen LogP contribution in [0.3, 0.4) is 0 Å². The van der Waals surface area contributed by atoms with Gasteiger partial charge in [-0.05, 0) is 12.1 Å². The molecule has 0 radical (unpaired) electrons. The van der Waals surface area contributed by atoms with Gasteiger partial charge in [0.1, 0.15) is 5.82 Å². The van der Waals surface area contributed by atoms with Crippen LogP contribution in [0.15, 0.2) is 36.8 Å². The third-order valence-corrected chi connectivity index (χ3v) is 2.77. The first-order valence-electron chi connectivity index (χ1n) is 5.62. The highest BCUT2D eigenvalue weighted by atomic mass is 15.2. The third kappa shape index (κ3) is 3.12. The molecule has 0 aliphatic rings. The molecular formula is C12H17N5. The second kappa shape index (κ2) is 5.56. The summed E-state index contributed by atoms with van der Waals surface area (Å²) in [5.74, 6) is 6.59. The molecule has 0 saturated heterocycles. The van der Waals surface area contributed by atoms with Crippen LogP contribution >= 0.6 is 0 Å². The van der Waals surface area contributed by atoms with Gasteiger partial charge in [0.15, 0.2) is 0 Å². The molecule has 90 valence electrons. The molecule has 0 saturated carbocycles. The van der Waals surface area contributed by atoms with E-state index < -0.39 is 0 Å². The second-order valence-electron chi connectivity index (χ2n) is 4.05. The molecule has 1 unspecified atom stereocenters. The lowest BCUT2D eigenvalue weighted by atomic mass is 10.1. The van der Waals surface area contributed by atoms with E-state index in [9.17, 15) is 0 Å². The predicted octanol–water partition coefficient (Wildman–Crippen LogP) is 0.432. The van der Waals surface area contributed by atoms with Crippen molar-refractivity contribution in [2.24, 2.45) is 12.9 Å². The summed E-state index contributed by atoms with van der Waals surface area (Å²) in [5, 5.41) is 0. The fourth-order valence-corrected chi connectivity index (χ4v) is 1.77. The molecule has 5 heteroatoms. The third-order valence-electron chi connectivity index (χ3n) is 2.77. The molecule has 0 aromatic carbocycles. The van der Waals surface area contributed by atoms with Crippen LogP contribution in [-0.4, -0.2) is 20.6 Å². The van der Waals surface area contributed by atoms with Crippen molar-refractivity contribution in [1.82, 2.24) is 20.0 Å². The van der Waals surface area contributed by atoms with Gasteiger partial charge in [0.2, 0.25) is 0 Å². The number of hydrazine groups is 1. The molecule has 0 aliphatic carbocycles. The van der Waals surface area contributed by atoms with Crippen LogP contribution in [0.5, 0.6) is 0 Å². The Morgan fingerprint density at radius 1 is 1.29 bits per heavy atom. The summed E-state index contributed by atoms with van der Waals surface area (Å²) in [5.41, 5.74) is 3.85. The number of rotatable bonds is 5. The van der Waals surface area contributed by atoms with Crippen LogP contribution in [0, 0.1) is 0 Å². The molecule has 3 N–H and O–H groups in total. The lowest BCUT2D eigenvalue weighted by Gasteiger charge is -2.15. The molecule has 2 aromatic heterocycles. The standard InChI is InChI=1S/C12H17N5/c1-17-7-6-15-12(17)9-11(16-13)8-10-4-2-3-5-14-10/h2-7,11,16H,8-9,13H2,1H3.